The van der Waals surface area contributed by atoms with E-state index >= 15 is 0 Å². The summed E-state index contributed by atoms with van der Waals surface area (Å²) in [5.74, 6) is -0.813. The van der Waals surface area contributed by atoms with Crippen molar-refractivity contribution in [2.45, 2.75) is 46.3 Å². The topological polar surface area (TPSA) is 81.4 Å². The van der Waals surface area contributed by atoms with Crippen LogP contribution in [0.3, 0.4) is 0 Å². The first-order chi connectivity index (χ1) is 8.17. The van der Waals surface area contributed by atoms with Crippen molar-refractivity contribution in [2.24, 2.45) is 11.7 Å². The summed E-state index contributed by atoms with van der Waals surface area (Å²) in [6.07, 6.45) is 2.85. The van der Waals surface area contributed by atoms with Crippen molar-refractivity contribution < 1.29 is 14.3 Å². The second-order valence-electron chi connectivity index (χ2n) is 5.40. The van der Waals surface area contributed by atoms with E-state index in [0.29, 0.717) is 0 Å². The summed E-state index contributed by atoms with van der Waals surface area (Å²) < 4.78 is 5.26. The molecule has 104 valence electrons. The molecule has 5 heteroatoms. The number of hydrogen-bond acceptors (Lipinski definition) is 4. The predicted molar refractivity (Wildman–Crippen MR) is 70.8 cm³/mol. The van der Waals surface area contributed by atoms with Gasteiger partial charge in [0.05, 0.1) is 0 Å². The van der Waals surface area contributed by atoms with Crippen LogP contribution in [0.4, 0.5) is 0 Å². The third-order valence-corrected chi connectivity index (χ3v) is 2.03. The third-order valence-electron chi connectivity index (χ3n) is 2.03. The number of ether oxygens (including phenoxy) is 1. The van der Waals surface area contributed by atoms with Gasteiger partial charge in [-0.2, -0.15) is 0 Å². The maximum atomic E-state index is 11.9. The van der Waals surface area contributed by atoms with Gasteiger partial charge in [-0.1, -0.05) is 19.9 Å². The molecule has 0 spiro atoms. The van der Waals surface area contributed by atoms with E-state index in [1.165, 1.54) is 12.2 Å². The van der Waals surface area contributed by atoms with Gasteiger partial charge in [-0.3, -0.25) is 4.79 Å². The van der Waals surface area contributed by atoms with Gasteiger partial charge in [-0.15, -0.1) is 0 Å². The standard InChI is InChI=1S/C13H24N2O3/c1-9(2)11(12(17)18-13(3,4)5)15-10(16)7-6-8-14/h6-7,9,11H,8,14H2,1-5H3,(H,15,16). The summed E-state index contributed by atoms with van der Waals surface area (Å²) in [5.41, 5.74) is 4.68. The molecule has 3 N–H and O–H groups in total. The van der Waals surface area contributed by atoms with Crippen molar-refractivity contribution in [1.82, 2.24) is 5.32 Å². The number of carbonyl (C=O) groups excluding carboxylic acids is 2. The lowest BCUT2D eigenvalue weighted by atomic mass is 10.0. The smallest absolute Gasteiger partial charge is 0.329 e. The molecule has 0 aliphatic rings. The van der Waals surface area contributed by atoms with Gasteiger partial charge in [0.25, 0.3) is 0 Å². The van der Waals surface area contributed by atoms with Crippen LogP contribution in [0.25, 0.3) is 0 Å². The lowest BCUT2D eigenvalue weighted by Gasteiger charge is -2.26. The van der Waals surface area contributed by atoms with Crippen LogP contribution in [0.5, 0.6) is 0 Å². The SMILES string of the molecule is CC(C)C(NC(=O)C=CCN)C(=O)OC(C)(C)C. The molecule has 0 rings (SSSR count). The molecule has 0 aromatic carbocycles. The van der Waals surface area contributed by atoms with Crippen LogP contribution in [0.2, 0.25) is 0 Å². The molecule has 1 atom stereocenters. The van der Waals surface area contributed by atoms with E-state index in [9.17, 15) is 9.59 Å². The number of amides is 1. The van der Waals surface area contributed by atoms with Crippen molar-refractivity contribution >= 4 is 11.9 Å². The third kappa shape index (κ3) is 7.06. The van der Waals surface area contributed by atoms with E-state index in [1.807, 2.05) is 13.8 Å². The van der Waals surface area contributed by atoms with Gasteiger partial charge in [0.1, 0.15) is 11.6 Å². The maximum Gasteiger partial charge on any atom is 0.329 e. The summed E-state index contributed by atoms with van der Waals surface area (Å²) in [6, 6.07) is -0.654. The van der Waals surface area contributed by atoms with Gasteiger partial charge < -0.3 is 15.8 Å². The van der Waals surface area contributed by atoms with Crippen LogP contribution in [-0.4, -0.2) is 30.1 Å². The second kappa shape index (κ2) is 7.16. The Balaban J connectivity index is 4.62. The molecule has 0 aromatic rings. The highest BCUT2D eigenvalue weighted by Crippen LogP contribution is 2.12. The Morgan fingerprint density at radius 1 is 1.33 bits per heavy atom. The zero-order valence-electron chi connectivity index (χ0n) is 11.8. The Hall–Kier alpha value is -1.36. The summed E-state index contributed by atoms with van der Waals surface area (Å²) >= 11 is 0. The first-order valence-corrected chi connectivity index (χ1v) is 6.07. The van der Waals surface area contributed by atoms with Crippen molar-refractivity contribution in [2.75, 3.05) is 6.54 Å². The van der Waals surface area contributed by atoms with Gasteiger partial charge >= 0.3 is 5.97 Å². The summed E-state index contributed by atoms with van der Waals surface area (Å²) in [7, 11) is 0. The minimum absolute atomic E-state index is 0.0462. The summed E-state index contributed by atoms with van der Waals surface area (Å²) in [5, 5.41) is 2.62. The highest BCUT2D eigenvalue weighted by molar-refractivity contribution is 5.91. The van der Waals surface area contributed by atoms with Gasteiger partial charge in [0, 0.05) is 12.6 Å². The lowest BCUT2D eigenvalue weighted by molar-refractivity contribution is -0.159. The van der Waals surface area contributed by atoms with Crippen LogP contribution in [0, 0.1) is 5.92 Å². The highest BCUT2D eigenvalue weighted by atomic mass is 16.6. The number of rotatable bonds is 5. The van der Waals surface area contributed by atoms with Gasteiger partial charge in [-0.25, -0.2) is 4.79 Å². The van der Waals surface area contributed by atoms with E-state index in [0.717, 1.165) is 0 Å². The molecular weight excluding hydrogens is 232 g/mol. The Morgan fingerprint density at radius 2 is 1.89 bits per heavy atom. The molecule has 0 bridgehead atoms. The molecule has 0 fully saturated rings. The first kappa shape index (κ1) is 16.6. The molecule has 1 amide bonds. The van der Waals surface area contributed by atoms with E-state index in [2.05, 4.69) is 5.32 Å². The van der Waals surface area contributed by atoms with Crippen LogP contribution in [0.1, 0.15) is 34.6 Å². The number of carbonyl (C=O) groups is 2. The minimum Gasteiger partial charge on any atom is -0.458 e. The molecule has 0 saturated carbocycles. The molecule has 0 saturated heterocycles. The van der Waals surface area contributed by atoms with Crippen LogP contribution >= 0.6 is 0 Å². The first-order valence-electron chi connectivity index (χ1n) is 6.07. The summed E-state index contributed by atoms with van der Waals surface area (Å²) in [6.45, 7) is 9.35. The number of esters is 1. The molecule has 0 aliphatic heterocycles. The van der Waals surface area contributed by atoms with E-state index < -0.39 is 17.6 Å². The van der Waals surface area contributed by atoms with Crippen LogP contribution in [-0.2, 0) is 14.3 Å². The molecule has 0 aliphatic carbocycles. The Bertz CT molecular complexity index is 317. The quantitative estimate of drug-likeness (QED) is 0.567. The predicted octanol–water partition coefficient (Wildman–Crippen LogP) is 0.984. The normalized spacial score (nSPS) is 13.7. The zero-order valence-corrected chi connectivity index (χ0v) is 11.8. The average molecular weight is 256 g/mol. The number of hydrogen-bond donors (Lipinski definition) is 2. The largest absolute Gasteiger partial charge is 0.458 e. The summed E-state index contributed by atoms with van der Waals surface area (Å²) in [4.78, 5) is 23.4. The average Bonchev–Trinajstić information content (AvgIpc) is 2.19. The molecule has 5 nitrogen and oxygen atoms in total. The molecule has 0 heterocycles. The minimum atomic E-state index is -0.654. The van der Waals surface area contributed by atoms with Gasteiger partial charge in [-0.05, 0) is 26.7 Å². The van der Waals surface area contributed by atoms with Crippen molar-refractivity contribution in [3.05, 3.63) is 12.2 Å². The maximum absolute atomic E-state index is 11.9. The monoisotopic (exact) mass is 256 g/mol. The lowest BCUT2D eigenvalue weighted by Crippen LogP contribution is -2.46. The molecule has 0 radical (unpaired) electrons. The highest BCUT2D eigenvalue weighted by Gasteiger charge is 2.28. The molecule has 1 unspecified atom stereocenters. The van der Waals surface area contributed by atoms with Crippen LogP contribution < -0.4 is 11.1 Å². The van der Waals surface area contributed by atoms with Crippen molar-refractivity contribution in [3.8, 4) is 0 Å². The number of nitrogens with one attached hydrogen (secondary N) is 1. The number of nitrogens with two attached hydrogens (primary N) is 1. The van der Waals surface area contributed by atoms with Gasteiger partial charge in [0.2, 0.25) is 5.91 Å². The zero-order chi connectivity index (χ0) is 14.3. The fourth-order valence-electron chi connectivity index (χ4n) is 1.24. The van der Waals surface area contributed by atoms with E-state index in [1.54, 1.807) is 20.8 Å². The molecule has 0 aromatic heterocycles. The Kier molecular flexibility index (Phi) is 6.62. The van der Waals surface area contributed by atoms with Crippen molar-refractivity contribution in [3.63, 3.8) is 0 Å². The molecule has 18 heavy (non-hydrogen) atoms. The Morgan fingerprint density at radius 3 is 2.28 bits per heavy atom. The fourth-order valence-corrected chi connectivity index (χ4v) is 1.24. The Labute approximate surface area is 109 Å². The van der Waals surface area contributed by atoms with Crippen LogP contribution in [0.15, 0.2) is 12.2 Å². The van der Waals surface area contributed by atoms with E-state index in [4.69, 9.17) is 10.5 Å². The van der Waals surface area contributed by atoms with Crippen molar-refractivity contribution in [1.29, 1.82) is 0 Å². The molecular formula is C13H24N2O3. The second-order valence-corrected chi connectivity index (χ2v) is 5.40. The van der Waals surface area contributed by atoms with Gasteiger partial charge in [0.15, 0.2) is 0 Å². The fraction of sp³-hybridized carbons (Fsp3) is 0.692. The van der Waals surface area contributed by atoms with E-state index in [-0.39, 0.29) is 18.4 Å².